The summed E-state index contributed by atoms with van der Waals surface area (Å²) in [5.74, 6) is -0.578. The van der Waals surface area contributed by atoms with E-state index in [2.05, 4.69) is 0 Å². The molecule has 12 heavy (non-hydrogen) atoms. The van der Waals surface area contributed by atoms with Gasteiger partial charge in [0.05, 0.1) is 13.5 Å². The third-order valence-corrected chi connectivity index (χ3v) is 2.15. The second kappa shape index (κ2) is 2.84. The molecule has 0 spiro atoms. The molecule has 0 aromatic heterocycles. The molecule has 0 N–H and O–H groups in total. The van der Waals surface area contributed by atoms with E-state index in [4.69, 9.17) is 0 Å². The quantitative estimate of drug-likeness (QED) is 0.371. The summed E-state index contributed by atoms with van der Waals surface area (Å²) in [5, 5.41) is 11.5. The SMILES string of the molecule is CC(=O)N1CC[N+]([O-])(C(C)=O)C1. The van der Waals surface area contributed by atoms with Crippen LogP contribution in [0.1, 0.15) is 13.8 Å². The molecular weight excluding hydrogens is 160 g/mol. The van der Waals surface area contributed by atoms with Crippen molar-refractivity contribution in [1.82, 2.24) is 4.90 Å². The Morgan fingerprint density at radius 2 is 2.00 bits per heavy atom. The highest BCUT2D eigenvalue weighted by Gasteiger charge is 2.34. The number of quaternary nitrogens is 1. The lowest BCUT2D eigenvalue weighted by Gasteiger charge is -2.33. The number of hydrogen-bond acceptors (Lipinski definition) is 3. The van der Waals surface area contributed by atoms with Gasteiger partial charge in [0.2, 0.25) is 5.91 Å². The fraction of sp³-hybridized carbons (Fsp3) is 0.714. The second-order valence-corrected chi connectivity index (χ2v) is 3.06. The Balaban J connectivity index is 2.67. The fourth-order valence-electron chi connectivity index (χ4n) is 1.21. The molecule has 1 atom stereocenters. The Morgan fingerprint density at radius 3 is 2.25 bits per heavy atom. The normalized spacial score (nSPS) is 29.1. The molecule has 0 aromatic carbocycles. The molecule has 68 valence electrons. The molecule has 1 aliphatic rings. The highest BCUT2D eigenvalue weighted by Crippen LogP contribution is 2.14. The number of carbonyl (C=O) groups is 2. The summed E-state index contributed by atoms with van der Waals surface area (Å²) < 4.78 is -0.889. The number of hydroxylamine groups is 3. The number of rotatable bonds is 0. The van der Waals surface area contributed by atoms with E-state index in [-0.39, 0.29) is 19.1 Å². The van der Waals surface area contributed by atoms with Crippen LogP contribution in [-0.4, -0.2) is 41.1 Å². The first-order chi connectivity index (χ1) is 5.46. The van der Waals surface area contributed by atoms with E-state index in [0.29, 0.717) is 6.54 Å². The smallest absolute Gasteiger partial charge is 0.312 e. The highest BCUT2D eigenvalue weighted by atomic mass is 16.6. The maximum Gasteiger partial charge on any atom is 0.312 e. The van der Waals surface area contributed by atoms with Crippen LogP contribution in [0.5, 0.6) is 0 Å². The lowest BCUT2D eigenvalue weighted by Crippen LogP contribution is -2.45. The van der Waals surface area contributed by atoms with Crippen LogP contribution < -0.4 is 0 Å². The molecule has 5 heteroatoms. The van der Waals surface area contributed by atoms with Crippen molar-refractivity contribution in [1.29, 1.82) is 0 Å². The number of hydrogen-bond donors (Lipinski definition) is 0. The summed E-state index contributed by atoms with van der Waals surface area (Å²) >= 11 is 0. The third-order valence-electron chi connectivity index (χ3n) is 2.15. The third kappa shape index (κ3) is 1.46. The Kier molecular flexibility index (Phi) is 2.16. The van der Waals surface area contributed by atoms with Crippen LogP contribution in [0.4, 0.5) is 0 Å². The van der Waals surface area contributed by atoms with Gasteiger partial charge in [-0.25, -0.2) is 4.79 Å². The second-order valence-electron chi connectivity index (χ2n) is 3.06. The maximum absolute atomic E-state index is 11.5. The van der Waals surface area contributed by atoms with Crippen molar-refractivity contribution in [3.8, 4) is 0 Å². The van der Waals surface area contributed by atoms with Crippen LogP contribution in [0, 0.1) is 5.21 Å². The molecule has 5 nitrogen and oxygen atoms in total. The highest BCUT2D eigenvalue weighted by molar-refractivity contribution is 5.74. The Hall–Kier alpha value is -0.940. The molecule has 1 aliphatic heterocycles. The minimum atomic E-state index is -0.889. The average molecular weight is 172 g/mol. The Morgan fingerprint density at radius 1 is 1.42 bits per heavy atom. The predicted molar refractivity (Wildman–Crippen MR) is 41.4 cm³/mol. The van der Waals surface area contributed by atoms with E-state index < -0.39 is 10.6 Å². The van der Waals surface area contributed by atoms with Gasteiger partial charge < -0.3 is 5.21 Å². The summed E-state index contributed by atoms with van der Waals surface area (Å²) in [6.45, 7) is 3.21. The van der Waals surface area contributed by atoms with Gasteiger partial charge in [0.25, 0.3) is 0 Å². The minimum Gasteiger partial charge on any atom is -0.624 e. The van der Waals surface area contributed by atoms with Gasteiger partial charge in [-0.1, -0.05) is 0 Å². The zero-order valence-electron chi connectivity index (χ0n) is 7.24. The zero-order valence-corrected chi connectivity index (χ0v) is 7.24. The van der Waals surface area contributed by atoms with Crippen molar-refractivity contribution in [2.24, 2.45) is 0 Å². The van der Waals surface area contributed by atoms with Crippen LogP contribution in [0.3, 0.4) is 0 Å². The van der Waals surface area contributed by atoms with Gasteiger partial charge in [-0.3, -0.25) is 14.3 Å². The average Bonchev–Trinajstić information content (AvgIpc) is 2.33. The van der Waals surface area contributed by atoms with E-state index >= 15 is 0 Å². The molecule has 1 saturated heterocycles. The molecule has 0 aliphatic carbocycles. The molecule has 1 rings (SSSR count). The van der Waals surface area contributed by atoms with E-state index in [0.717, 1.165) is 0 Å². The van der Waals surface area contributed by atoms with Crippen LogP contribution in [0.25, 0.3) is 0 Å². The first kappa shape index (κ1) is 9.15. The fourth-order valence-corrected chi connectivity index (χ4v) is 1.21. The standard InChI is InChI=1S/C7H12N2O3/c1-6(10)8-3-4-9(12,5-8)7(2)11/h3-5H2,1-2H3. The molecule has 1 unspecified atom stereocenters. The van der Waals surface area contributed by atoms with Gasteiger partial charge in [0.15, 0.2) is 6.67 Å². The van der Waals surface area contributed by atoms with E-state index in [1.807, 2.05) is 0 Å². The van der Waals surface area contributed by atoms with Gasteiger partial charge in [-0.15, -0.1) is 0 Å². The van der Waals surface area contributed by atoms with Crippen molar-refractivity contribution in [2.45, 2.75) is 13.8 Å². The molecule has 0 bridgehead atoms. The van der Waals surface area contributed by atoms with Gasteiger partial charge >= 0.3 is 5.91 Å². The summed E-state index contributed by atoms with van der Waals surface area (Å²) in [5.41, 5.74) is 0. The summed E-state index contributed by atoms with van der Waals surface area (Å²) in [6.07, 6.45) is 0. The molecule has 1 fully saturated rings. The predicted octanol–water partition coefficient (Wildman–Crippen LogP) is -0.333. The Labute approximate surface area is 70.7 Å². The monoisotopic (exact) mass is 172 g/mol. The lowest BCUT2D eigenvalue weighted by atomic mass is 10.5. The Bertz CT molecular complexity index is 229. The van der Waals surface area contributed by atoms with Crippen molar-refractivity contribution in [3.05, 3.63) is 5.21 Å². The molecular formula is C7H12N2O3. The molecule has 0 radical (unpaired) electrons. The van der Waals surface area contributed by atoms with E-state index in [1.54, 1.807) is 0 Å². The number of amides is 2. The van der Waals surface area contributed by atoms with Crippen molar-refractivity contribution >= 4 is 11.8 Å². The zero-order chi connectivity index (χ0) is 9.35. The summed E-state index contributed by atoms with van der Waals surface area (Å²) in [6, 6.07) is 0. The van der Waals surface area contributed by atoms with Gasteiger partial charge in [0, 0.05) is 6.92 Å². The van der Waals surface area contributed by atoms with Gasteiger partial charge in [-0.05, 0) is 0 Å². The van der Waals surface area contributed by atoms with Crippen LogP contribution in [0.15, 0.2) is 0 Å². The lowest BCUT2D eigenvalue weighted by molar-refractivity contribution is -0.793. The topological polar surface area (TPSA) is 60.4 Å². The first-order valence-electron chi connectivity index (χ1n) is 3.80. The van der Waals surface area contributed by atoms with Crippen LogP contribution in [0.2, 0.25) is 0 Å². The van der Waals surface area contributed by atoms with Crippen molar-refractivity contribution in [2.75, 3.05) is 19.8 Å². The maximum atomic E-state index is 11.5. The molecule has 0 saturated carbocycles. The molecule has 0 aromatic rings. The molecule has 2 amide bonds. The first-order valence-corrected chi connectivity index (χ1v) is 3.80. The minimum absolute atomic E-state index is 0.0231. The van der Waals surface area contributed by atoms with Crippen LogP contribution in [-0.2, 0) is 9.59 Å². The number of nitrogens with zero attached hydrogens (tertiary/aromatic N) is 2. The van der Waals surface area contributed by atoms with Crippen LogP contribution >= 0.6 is 0 Å². The van der Waals surface area contributed by atoms with Crippen molar-refractivity contribution < 1.29 is 14.2 Å². The number of carbonyl (C=O) groups excluding carboxylic acids is 2. The molecule has 1 heterocycles. The van der Waals surface area contributed by atoms with Gasteiger partial charge in [0.1, 0.15) is 6.54 Å². The summed E-state index contributed by atoms with van der Waals surface area (Å²) in [7, 11) is 0. The van der Waals surface area contributed by atoms with E-state index in [1.165, 1.54) is 18.7 Å². The summed E-state index contributed by atoms with van der Waals surface area (Å²) in [4.78, 5) is 23.1. The van der Waals surface area contributed by atoms with E-state index in [9.17, 15) is 14.8 Å². The van der Waals surface area contributed by atoms with Crippen molar-refractivity contribution in [3.63, 3.8) is 0 Å². The largest absolute Gasteiger partial charge is 0.624 e. The van der Waals surface area contributed by atoms with Gasteiger partial charge in [-0.2, -0.15) is 0 Å².